The molecule has 1 saturated heterocycles. The number of pyridine rings is 1. The van der Waals surface area contributed by atoms with E-state index in [1.807, 2.05) is 42.2 Å². The molecule has 1 aromatic carbocycles. The summed E-state index contributed by atoms with van der Waals surface area (Å²) in [6.07, 6.45) is -2.72. The van der Waals surface area contributed by atoms with Gasteiger partial charge in [0, 0.05) is 36.5 Å². The van der Waals surface area contributed by atoms with E-state index in [2.05, 4.69) is 20.4 Å². The summed E-state index contributed by atoms with van der Waals surface area (Å²) in [6.45, 7) is 5.01. The molecule has 0 aliphatic carbocycles. The molecule has 0 unspecified atom stereocenters. The molecule has 10 nitrogen and oxygen atoms in total. The van der Waals surface area contributed by atoms with E-state index in [-0.39, 0.29) is 35.3 Å². The summed E-state index contributed by atoms with van der Waals surface area (Å²) >= 11 is 0. The molecule has 5 aromatic rings. The van der Waals surface area contributed by atoms with Crippen LogP contribution < -0.4 is 5.32 Å². The van der Waals surface area contributed by atoms with Gasteiger partial charge in [0.1, 0.15) is 18.0 Å². The number of carbonyl (C=O) groups is 1. The summed E-state index contributed by atoms with van der Waals surface area (Å²) in [4.78, 5) is 27.1. The monoisotopic (exact) mass is 576 g/mol. The molecule has 1 fully saturated rings. The standard InChI is InChI=1S/C29H27F3N8O2/c1-16-3-7-25(34-16)35-18-4-6-24-22(11-18)33-15-39(24)26-8-5-20(17(2)41)28(36-26)40-23-9-10-38(19-13-42-14-19)12-21(23)27(37-40)29(30,31)32/h3-8,11,15,19,34-35H,9-10,12-14H2,1-2H3. The van der Waals surface area contributed by atoms with Gasteiger partial charge >= 0.3 is 6.18 Å². The molecule has 4 aromatic heterocycles. The number of ketones is 1. The molecule has 0 radical (unpaired) electrons. The number of aromatic nitrogens is 6. The van der Waals surface area contributed by atoms with Crippen molar-refractivity contribution in [3.63, 3.8) is 0 Å². The molecule has 0 spiro atoms. The van der Waals surface area contributed by atoms with Crippen LogP contribution in [0.15, 0.2) is 48.8 Å². The lowest BCUT2D eigenvalue weighted by atomic mass is 10.0. The lowest BCUT2D eigenvalue weighted by molar-refractivity contribution is -0.142. The third-order valence-corrected chi connectivity index (χ3v) is 7.84. The summed E-state index contributed by atoms with van der Waals surface area (Å²) in [6, 6.07) is 12.9. The van der Waals surface area contributed by atoms with Crippen LogP contribution in [0.1, 0.15) is 39.9 Å². The maximum atomic E-state index is 14.2. The first-order valence-corrected chi connectivity index (χ1v) is 13.6. The van der Waals surface area contributed by atoms with Gasteiger partial charge in [-0.2, -0.15) is 18.3 Å². The third kappa shape index (κ3) is 4.54. The van der Waals surface area contributed by atoms with Gasteiger partial charge in [0.05, 0.1) is 41.5 Å². The van der Waals surface area contributed by atoms with Crippen molar-refractivity contribution in [1.29, 1.82) is 0 Å². The Balaban J connectivity index is 1.30. The smallest absolute Gasteiger partial charge is 0.378 e. The van der Waals surface area contributed by atoms with Crippen molar-refractivity contribution >= 4 is 28.3 Å². The average Bonchev–Trinajstić information content (AvgIpc) is 3.63. The zero-order valence-electron chi connectivity index (χ0n) is 22.9. The summed E-state index contributed by atoms with van der Waals surface area (Å²) in [5.41, 5.74) is 3.07. The van der Waals surface area contributed by atoms with E-state index >= 15 is 0 Å². The van der Waals surface area contributed by atoms with E-state index in [0.717, 1.165) is 22.7 Å². The van der Waals surface area contributed by atoms with Crippen molar-refractivity contribution in [2.75, 3.05) is 25.1 Å². The third-order valence-electron chi connectivity index (χ3n) is 7.84. The van der Waals surface area contributed by atoms with E-state index in [4.69, 9.17) is 9.72 Å². The Morgan fingerprint density at radius 1 is 1.14 bits per heavy atom. The second-order valence-corrected chi connectivity index (χ2v) is 10.7. The second-order valence-electron chi connectivity index (χ2n) is 10.7. The number of anilines is 2. The molecule has 0 atom stereocenters. The number of hydrogen-bond donors (Lipinski definition) is 2. The van der Waals surface area contributed by atoms with Crippen LogP contribution in [0.3, 0.4) is 0 Å². The molecule has 6 heterocycles. The first-order valence-electron chi connectivity index (χ1n) is 13.6. The molecular weight excluding hydrogens is 549 g/mol. The number of benzene rings is 1. The largest absolute Gasteiger partial charge is 0.435 e. The van der Waals surface area contributed by atoms with Gasteiger partial charge in [0.2, 0.25) is 0 Å². The number of ether oxygens (including phenoxy) is 1. The Morgan fingerprint density at radius 3 is 2.67 bits per heavy atom. The van der Waals surface area contributed by atoms with E-state index < -0.39 is 11.9 Å². The van der Waals surface area contributed by atoms with Crippen LogP contribution in [-0.2, 0) is 23.9 Å². The normalized spacial score (nSPS) is 16.0. The zero-order valence-corrected chi connectivity index (χ0v) is 22.9. The van der Waals surface area contributed by atoms with Crippen molar-refractivity contribution in [2.24, 2.45) is 0 Å². The van der Waals surface area contributed by atoms with Gasteiger partial charge in [0.15, 0.2) is 17.3 Å². The molecule has 216 valence electrons. The Kier molecular flexibility index (Phi) is 6.17. The SMILES string of the molecule is CC(=O)c1ccc(-n2cnc3cc(Nc4ccc(C)[nH]4)ccc32)nc1-n1nc(C(F)(F)F)c2c1CCN(C1COC1)C2. The van der Waals surface area contributed by atoms with Crippen molar-refractivity contribution in [1.82, 2.24) is 34.2 Å². The number of aromatic amines is 1. The first kappa shape index (κ1) is 26.4. The quantitative estimate of drug-likeness (QED) is 0.275. The number of H-pyrrole nitrogens is 1. The number of fused-ring (bicyclic) bond motifs is 2. The summed E-state index contributed by atoms with van der Waals surface area (Å²) < 4.78 is 50.8. The highest BCUT2D eigenvalue weighted by molar-refractivity contribution is 5.97. The Labute approximate surface area is 238 Å². The van der Waals surface area contributed by atoms with Crippen LogP contribution in [0, 0.1) is 6.92 Å². The van der Waals surface area contributed by atoms with Crippen LogP contribution in [0.4, 0.5) is 24.7 Å². The number of imidazole rings is 1. The molecule has 13 heteroatoms. The predicted octanol–water partition coefficient (Wildman–Crippen LogP) is 4.96. The van der Waals surface area contributed by atoms with Gasteiger partial charge in [-0.1, -0.05) is 0 Å². The number of hydrogen-bond acceptors (Lipinski definition) is 7. The van der Waals surface area contributed by atoms with E-state index in [1.54, 1.807) is 23.0 Å². The zero-order chi connectivity index (χ0) is 29.2. The highest BCUT2D eigenvalue weighted by Crippen LogP contribution is 2.37. The highest BCUT2D eigenvalue weighted by atomic mass is 19.4. The number of nitrogens with one attached hydrogen (secondary N) is 2. The molecular formula is C29H27F3N8O2. The topological polar surface area (TPSA) is 106 Å². The molecule has 2 aliphatic rings. The number of rotatable bonds is 6. The summed E-state index contributed by atoms with van der Waals surface area (Å²) in [7, 11) is 0. The fourth-order valence-corrected chi connectivity index (χ4v) is 5.60. The second kappa shape index (κ2) is 9.81. The van der Waals surface area contributed by atoms with Gasteiger partial charge in [-0.15, -0.1) is 0 Å². The molecule has 0 amide bonds. The highest BCUT2D eigenvalue weighted by Gasteiger charge is 2.42. The van der Waals surface area contributed by atoms with Crippen LogP contribution in [0.5, 0.6) is 0 Å². The number of carbonyl (C=O) groups excluding carboxylic acids is 1. The fraction of sp³-hybridized carbons (Fsp3) is 0.310. The lowest BCUT2D eigenvalue weighted by Crippen LogP contribution is -2.50. The Hall–Kier alpha value is -4.49. The maximum absolute atomic E-state index is 14.2. The number of alkyl halides is 3. The molecule has 0 bridgehead atoms. The maximum Gasteiger partial charge on any atom is 0.435 e. The minimum Gasteiger partial charge on any atom is -0.378 e. The molecule has 0 saturated carbocycles. The molecule has 42 heavy (non-hydrogen) atoms. The fourth-order valence-electron chi connectivity index (χ4n) is 5.60. The number of Topliss-reactive ketones (excluding diaryl/α,β-unsaturated/α-hetero) is 1. The van der Waals surface area contributed by atoms with Crippen molar-refractivity contribution in [2.45, 2.75) is 39.0 Å². The average molecular weight is 577 g/mol. The number of aryl methyl sites for hydroxylation is 1. The number of halogens is 3. The molecule has 2 aliphatic heterocycles. The van der Waals surface area contributed by atoms with E-state index in [1.165, 1.54) is 11.6 Å². The van der Waals surface area contributed by atoms with Crippen LogP contribution in [-0.4, -0.2) is 65.8 Å². The minimum absolute atomic E-state index is 0.0643. The molecule has 2 N–H and O–H groups in total. The Morgan fingerprint density at radius 2 is 1.98 bits per heavy atom. The lowest BCUT2D eigenvalue weighted by Gasteiger charge is -2.39. The van der Waals surface area contributed by atoms with Gasteiger partial charge in [0.25, 0.3) is 0 Å². The number of nitrogens with zero attached hydrogens (tertiary/aromatic N) is 6. The van der Waals surface area contributed by atoms with Crippen molar-refractivity contribution < 1.29 is 22.7 Å². The van der Waals surface area contributed by atoms with Crippen LogP contribution >= 0.6 is 0 Å². The van der Waals surface area contributed by atoms with Crippen LogP contribution in [0.2, 0.25) is 0 Å². The predicted molar refractivity (Wildman–Crippen MR) is 149 cm³/mol. The van der Waals surface area contributed by atoms with E-state index in [0.29, 0.717) is 43.2 Å². The van der Waals surface area contributed by atoms with E-state index in [9.17, 15) is 18.0 Å². The molecule has 7 rings (SSSR count). The Bertz CT molecular complexity index is 1830. The van der Waals surface area contributed by atoms with Gasteiger partial charge in [-0.3, -0.25) is 14.3 Å². The van der Waals surface area contributed by atoms with Crippen molar-refractivity contribution in [3.05, 3.63) is 77.0 Å². The van der Waals surface area contributed by atoms with Crippen molar-refractivity contribution in [3.8, 4) is 11.6 Å². The first-order chi connectivity index (χ1) is 20.2. The van der Waals surface area contributed by atoms with Gasteiger partial charge < -0.3 is 15.0 Å². The summed E-state index contributed by atoms with van der Waals surface area (Å²) in [5.74, 6) is 0.994. The van der Waals surface area contributed by atoms with Crippen LogP contribution in [0.25, 0.3) is 22.7 Å². The van der Waals surface area contributed by atoms with Gasteiger partial charge in [-0.05, 0) is 56.3 Å². The van der Waals surface area contributed by atoms with Gasteiger partial charge in [-0.25, -0.2) is 14.6 Å². The minimum atomic E-state index is -4.66. The summed E-state index contributed by atoms with van der Waals surface area (Å²) in [5, 5.41) is 7.34.